The maximum atomic E-state index is 12.7. The van der Waals surface area contributed by atoms with Gasteiger partial charge >= 0.3 is 0 Å². The first-order valence-corrected chi connectivity index (χ1v) is 9.44. The molecule has 1 aromatic rings. The highest BCUT2D eigenvalue weighted by atomic mass is 35.5. The number of nitrogens with one attached hydrogen (secondary N) is 1. The lowest BCUT2D eigenvalue weighted by Crippen LogP contribution is -2.42. The summed E-state index contributed by atoms with van der Waals surface area (Å²) >= 11 is 11.9. The predicted molar refractivity (Wildman–Crippen MR) is 94.6 cm³/mol. The molecule has 4 nitrogen and oxygen atoms in total. The summed E-state index contributed by atoms with van der Waals surface area (Å²) in [5.74, 6) is -0.0657. The van der Waals surface area contributed by atoms with Crippen molar-refractivity contribution in [3.8, 4) is 0 Å². The van der Waals surface area contributed by atoms with Crippen LogP contribution in [0.25, 0.3) is 0 Å². The minimum Gasteiger partial charge on any atom is -0.315 e. The van der Waals surface area contributed by atoms with Crippen molar-refractivity contribution in [1.82, 2.24) is 9.62 Å². The van der Waals surface area contributed by atoms with Crippen molar-refractivity contribution in [2.45, 2.75) is 31.6 Å². The van der Waals surface area contributed by atoms with Gasteiger partial charge in [0.2, 0.25) is 10.0 Å². The van der Waals surface area contributed by atoms with E-state index >= 15 is 0 Å². The Hall–Kier alpha value is -0.0400. The van der Waals surface area contributed by atoms with E-state index in [4.69, 9.17) is 23.2 Å². The zero-order valence-electron chi connectivity index (χ0n) is 12.4. The lowest BCUT2D eigenvalue weighted by atomic mass is 10.2. The van der Waals surface area contributed by atoms with Gasteiger partial charge in [0, 0.05) is 29.2 Å². The van der Waals surface area contributed by atoms with Crippen molar-refractivity contribution < 1.29 is 8.42 Å². The molecular formula is C14H21Cl3N2O2S. The molecule has 1 unspecified atom stereocenters. The van der Waals surface area contributed by atoms with E-state index in [9.17, 15) is 8.42 Å². The zero-order valence-corrected chi connectivity index (χ0v) is 15.5. The van der Waals surface area contributed by atoms with Gasteiger partial charge in [0.15, 0.2) is 0 Å². The van der Waals surface area contributed by atoms with Gasteiger partial charge in [-0.1, -0.05) is 30.1 Å². The third-order valence-electron chi connectivity index (χ3n) is 3.51. The second-order valence-corrected chi connectivity index (χ2v) is 8.09. The third kappa shape index (κ3) is 5.25. The van der Waals surface area contributed by atoms with Crippen LogP contribution in [-0.2, 0) is 15.8 Å². The smallest absolute Gasteiger partial charge is 0.218 e. The number of benzene rings is 1. The van der Waals surface area contributed by atoms with Gasteiger partial charge in [-0.05, 0) is 43.1 Å². The van der Waals surface area contributed by atoms with Crippen LogP contribution in [-0.4, -0.2) is 38.4 Å². The van der Waals surface area contributed by atoms with Crippen LogP contribution >= 0.6 is 35.6 Å². The van der Waals surface area contributed by atoms with Crippen LogP contribution in [0.1, 0.15) is 25.3 Å². The summed E-state index contributed by atoms with van der Waals surface area (Å²) in [4.78, 5) is 0. The molecule has 0 aromatic heterocycles. The van der Waals surface area contributed by atoms with Crippen molar-refractivity contribution in [1.29, 1.82) is 0 Å². The molecule has 1 aliphatic heterocycles. The van der Waals surface area contributed by atoms with Crippen LogP contribution in [0.2, 0.25) is 10.0 Å². The fourth-order valence-electron chi connectivity index (χ4n) is 2.64. The number of hydrogen-bond donors (Lipinski definition) is 1. The highest BCUT2D eigenvalue weighted by Gasteiger charge is 2.31. The Balaban J connectivity index is 0.00000242. The molecule has 1 aromatic carbocycles. The number of hydrogen-bond acceptors (Lipinski definition) is 3. The maximum absolute atomic E-state index is 12.7. The van der Waals surface area contributed by atoms with Crippen LogP contribution in [0.15, 0.2) is 18.2 Å². The van der Waals surface area contributed by atoms with E-state index < -0.39 is 10.0 Å². The molecule has 1 heterocycles. The molecular weight excluding hydrogens is 367 g/mol. The molecule has 0 radical (unpaired) electrons. The number of sulfonamides is 1. The topological polar surface area (TPSA) is 49.4 Å². The van der Waals surface area contributed by atoms with Crippen LogP contribution in [0.4, 0.5) is 0 Å². The van der Waals surface area contributed by atoms with E-state index in [0.29, 0.717) is 22.2 Å². The van der Waals surface area contributed by atoms with Crippen LogP contribution in [0, 0.1) is 0 Å². The first-order valence-electron chi connectivity index (χ1n) is 7.07. The number of rotatable bonds is 6. The van der Waals surface area contributed by atoms with Gasteiger partial charge in [-0.3, -0.25) is 0 Å². The normalized spacial score (nSPS) is 18.5. The minimum atomic E-state index is -3.38. The standard InChI is InChI=1S/C14H20Cl2N2O2S.ClH/c1-2-5-18(14-3-4-17-9-14)21(19,20)10-11-6-12(15)8-13(16)7-11;/h6-8,14,17H,2-5,9-10H2,1H3;1H. The van der Waals surface area contributed by atoms with Gasteiger partial charge < -0.3 is 5.32 Å². The highest BCUT2D eigenvalue weighted by Crippen LogP contribution is 2.23. The molecule has 1 aliphatic rings. The fraction of sp³-hybridized carbons (Fsp3) is 0.571. The average molecular weight is 388 g/mol. The lowest BCUT2D eigenvalue weighted by Gasteiger charge is -2.27. The van der Waals surface area contributed by atoms with Crippen molar-refractivity contribution in [2.24, 2.45) is 0 Å². The largest absolute Gasteiger partial charge is 0.315 e. The minimum absolute atomic E-state index is 0. The van der Waals surface area contributed by atoms with Crippen molar-refractivity contribution in [2.75, 3.05) is 19.6 Å². The summed E-state index contributed by atoms with van der Waals surface area (Å²) in [6.45, 7) is 4.11. The maximum Gasteiger partial charge on any atom is 0.218 e. The van der Waals surface area contributed by atoms with Gasteiger partial charge in [-0.15, -0.1) is 12.4 Å². The summed E-state index contributed by atoms with van der Waals surface area (Å²) in [5, 5.41) is 4.13. The predicted octanol–water partition coefficient (Wildman–Crippen LogP) is 3.32. The van der Waals surface area contributed by atoms with Crippen LogP contribution < -0.4 is 5.32 Å². The molecule has 8 heteroatoms. The molecule has 0 saturated carbocycles. The summed E-state index contributed by atoms with van der Waals surface area (Å²) in [5.41, 5.74) is 0.625. The first-order chi connectivity index (χ1) is 9.92. The summed E-state index contributed by atoms with van der Waals surface area (Å²) in [6.07, 6.45) is 1.65. The second-order valence-electron chi connectivity index (χ2n) is 5.29. The summed E-state index contributed by atoms with van der Waals surface area (Å²) in [6, 6.07) is 4.96. The molecule has 126 valence electrons. The molecule has 0 bridgehead atoms. The van der Waals surface area contributed by atoms with E-state index in [-0.39, 0.29) is 24.2 Å². The Kier molecular flexibility index (Phi) is 7.92. The molecule has 1 fully saturated rings. The Morgan fingerprint density at radius 2 is 1.91 bits per heavy atom. The lowest BCUT2D eigenvalue weighted by molar-refractivity contribution is 0.334. The van der Waals surface area contributed by atoms with Crippen molar-refractivity contribution in [3.05, 3.63) is 33.8 Å². The average Bonchev–Trinajstić information content (AvgIpc) is 2.87. The van der Waals surface area contributed by atoms with E-state index in [1.54, 1.807) is 22.5 Å². The number of halogens is 3. The molecule has 0 spiro atoms. The molecule has 0 amide bonds. The Morgan fingerprint density at radius 1 is 1.27 bits per heavy atom. The SMILES string of the molecule is CCCN(C1CCNC1)S(=O)(=O)Cc1cc(Cl)cc(Cl)c1.Cl. The van der Waals surface area contributed by atoms with Crippen LogP contribution in [0.3, 0.4) is 0 Å². The van der Waals surface area contributed by atoms with Gasteiger partial charge in [-0.2, -0.15) is 4.31 Å². The summed E-state index contributed by atoms with van der Waals surface area (Å²) < 4.78 is 27.1. The van der Waals surface area contributed by atoms with Crippen LogP contribution in [0.5, 0.6) is 0 Å². The van der Waals surface area contributed by atoms with Gasteiger partial charge in [0.05, 0.1) is 5.75 Å². The molecule has 0 aliphatic carbocycles. The number of nitrogens with zero attached hydrogens (tertiary/aromatic N) is 1. The second kappa shape index (κ2) is 8.71. The van der Waals surface area contributed by atoms with Crippen molar-refractivity contribution in [3.63, 3.8) is 0 Å². The monoisotopic (exact) mass is 386 g/mol. The first kappa shape index (κ1) is 20.0. The molecule has 1 atom stereocenters. The third-order valence-corrected chi connectivity index (χ3v) is 5.84. The van der Waals surface area contributed by atoms with E-state index in [0.717, 1.165) is 25.9 Å². The van der Waals surface area contributed by atoms with E-state index in [2.05, 4.69) is 5.32 Å². The summed E-state index contributed by atoms with van der Waals surface area (Å²) in [7, 11) is -3.38. The van der Waals surface area contributed by atoms with Gasteiger partial charge in [0.1, 0.15) is 0 Å². The molecule has 22 heavy (non-hydrogen) atoms. The van der Waals surface area contributed by atoms with E-state index in [1.807, 2.05) is 6.92 Å². The van der Waals surface area contributed by atoms with E-state index in [1.165, 1.54) is 0 Å². The molecule has 2 rings (SSSR count). The Morgan fingerprint density at radius 3 is 2.41 bits per heavy atom. The van der Waals surface area contributed by atoms with Crippen molar-refractivity contribution >= 4 is 45.6 Å². The highest BCUT2D eigenvalue weighted by molar-refractivity contribution is 7.88. The Labute approximate surface area is 148 Å². The molecule has 1 N–H and O–H groups in total. The zero-order chi connectivity index (χ0) is 15.5. The van der Waals surface area contributed by atoms with Gasteiger partial charge in [0.25, 0.3) is 0 Å². The Bertz CT molecular complexity index is 570. The quantitative estimate of drug-likeness (QED) is 0.814. The molecule has 1 saturated heterocycles. The fourth-order valence-corrected chi connectivity index (χ4v) is 5.06. The van der Waals surface area contributed by atoms with Gasteiger partial charge in [-0.25, -0.2) is 8.42 Å².